The zero-order chi connectivity index (χ0) is 7.40. The molecular formula is C8H16OS. The lowest BCUT2D eigenvalue weighted by atomic mass is 10.0. The second-order valence-corrected chi connectivity index (χ2v) is 4.31. The summed E-state index contributed by atoms with van der Waals surface area (Å²) in [5, 5.41) is 9.01. The number of rotatable bonds is 3. The molecule has 0 bridgehead atoms. The fraction of sp³-hybridized carbons (Fsp3) is 1.00. The highest BCUT2D eigenvalue weighted by molar-refractivity contribution is 7.99. The van der Waals surface area contributed by atoms with E-state index in [1.54, 1.807) is 0 Å². The van der Waals surface area contributed by atoms with Gasteiger partial charge in [-0.3, -0.25) is 0 Å². The third kappa shape index (κ3) is 2.93. The second-order valence-electron chi connectivity index (χ2n) is 3.16. The number of thioether (sulfide) groups is 1. The maximum Gasteiger partial charge on any atom is 0.0512 e. The molecule has 0 aromatic heterocycles. The molecule has 60 valence electrons. The molecule has 1 rings (SSSR count). The summed E-state index contributed by atoms with van der Waals surface area (Å²) in [6.45, 7) is 1.88. The largest absolute Gasteiger partial charge is 0.393 e. The molecule has 1 aliphatic heterocycles. The van der Waals surface area contributed by atoms with Gasteiger partial charge in [0.15, 0.2) is 0 Å². The van der Waals surface area contributed by atoms with Crippen LogP contribution in [0.15, 0.2) is 0 Å². The van der Waals surface area contributed by atoms with Crippen LogP contribution in [0.2, 0.25) is 0 Å². The first-order valence-electron chi connectivity index (χ1n) is 4.05. The molecule has 0 spiro atoms. The van der Waals surface area contributed by atoms with Gasteiger partial charge in [0.2, 0.25) is 0 Å². The highest BCUT2D eigenvalue weighted by atomic mass is 32.2. The predicted octanol–water partition coefficient (Wildman–Crippen LogP) is 1.90. The third-order valence-electron chi connectivity index (χ3n) is 2.02. The van der Waals surface area contributed by atoms with E-state index in [9.17, 15) is 0 Å². The summed E-state index contributed by atoms with van der Waals surface area (Å²) < 4.78 is 0. The third-order valence-corrected chi connectivity index (χ3v) is 3.25. The first kappa shape index (κ1) is 8.41. The SMILES string of the molecule is C[C@@H](O)CCC1CCSC1. The van der Waals surface area contributed by atoms with E-state index in [1.807, 2.05) is 6.92 Å². The zero-order valence-electron chi connectivity index (χ0n) is 6.55. The van der Waals surface area contributed by atoms with Gasteiger partial charge in [-0.2, -0.15) is 11.8 Å². The maximum absolute atomic E-state index is 9.01. The molecule has 2 heteroatoms. The normalized spacial score (nSPS) is 28.8. The van der Waals surface area contributed by atoms with Crippen LogP contribution >= 0.6 is 11.8 Å². The Hall–Kier alpha value is 0.310. The summed E-state index contributed by atoms with van der Waals surface area (Å²) in [5.74, 6) is 3.57. The van der Waals surface area contributed by atoms with Gasteiger partial charge < -0.3 is 5.11 Å². The first-order valence-corrected chi connectivity index (χ1v) is 5.20. The molecule has 0 saturated carbocycles. The summed E-state index contributed by atoms with van der Waals surface area (Å²) in [6, 6.07) is 0. The standard InChI is InChI=1S/C8H16OS/c1-7(9)2-3-8-4-5-10-6-8/h7-9H,2-6H2,1H3/t7-,8?/m1/s1. The Kier molecular flexibility index (Phi) is 3.57. The van der Waals surface area contributed by atoms with E-state index in [1.165, 1.54) is 24.3 Å². The van der Waals surface area contributed by atoms with Crippen LogP contribution in [-0.2, 0) is 0 Å². The van der Waals surface area contributed by atoms with Gasteiger partial charge in [0.25, 0.3) is 0 Å². The minimum Gasteiger partial charge on any atom is -0.393 e. The predicted molar refractivity (Wildman–Crippen MR) is 46.3 cm³/mol. The van der Waals surface area contributed by atoms with Gasteiger partial charge in [-0.25, -0.2) is 0 Å². The molecule has 1 unspecified atom stereocenters. The van der Waals surface area contributed by atoms with Gasteiger partial charge in [-0.15, -0.1) is 0 Å². The quantitative estimate of drug-likeness (QED) is 0.680. The van der Waals surface area contributed by atoms with E-state index >= 15 is 0 Å². The average Bonchev–Trinajstić information content (AvgIpc) is 2.34. The minimum absolute atomic E-state index is 0.0920. The van der Waals surface area contributed by atoms with Crippen molar-refractivity contribution in [3.8, 4) is 0 Å². The maximum atomic E-state index is 9.01. The minimum atomic E-state index is -0.0920. The van der Waals surface area contributed by atoms with Crippen molar-refractivity contribution in [1.82, 2.24) is 0 Å². The van der Waals surface area contributed by atoms with Crippen LogP contribution in [-0.4, -0.2) is 22.7 Å². The highest BCUT2D eigenvalue weighted by Gasteiger charge is 2.15. The van der Waals surface area contributed by atoms with Gasteiger partial charge in [0.05, 0.1) is 6.10 Å². The Morgan fingerprint density at radius 3 is 3.00 bits per heavy atom. The summed E-state index contributed by atoms with van der Waals surface area (Å²) >= 11 is 2.05. The smallest absolute Gasteiger partial charge is 0.0512 e. The fourth-order valence-corrected chi connectivity index (χ4v) is 2.62. The Balaban J connectivity index is 2.01. The van der Waals surface area contributed by atoms with E-state index in [-0.39, 0.29) is 6.10 Å². The highest BCUT2D eigenvalue weighted by Crippen LogP contribution is 2.27. The van der Waals surface area contributed by atoms with Gasteiger partial charge in [0.1, 0.15) is 0 Å². The van der Waals surface area contributed by atoms with Crippen LogP contribution < -0.4 is 0 Å². The Morgan fingerprint density at radius 1 is 1.70 bits per heavy atom. The molecular weight excluding hydrogens is 144 g/mol. The van der Waals surface area contributed by atoms with E-state index < -0.39 is 0 Å². The zero-order valence-corrected chi connectivity index (χ0v) is 7.36. The van der Waals surface area contributed by atoms with Crippen molar-refractivity contribution < 1.29 is 5.11 Å². The first-order chi connectivity index (χ1) is 4.79. The lowest BCUT2D eigenvalue weighted by Gasteiger charge is -2.08. The van der Waals surface area contributed by atoms with Crippen LogP contribution in [0.5, 0.6) is 0 Å². The molecule has 1 saturated heterocycles. The fourth-order valence-electron chi connectivity index (χ4n) is 1.29. The van der Waals surface area contributed by atoms with Crippen molar-refractivity contribution >= 4 is 11.8 Å². The molecule has 0 aromatic carbocycles. The van der Waals surface area contributed by atoms with E-state index in [4.69, 9.17) is 5.11 Å². The summed E-state index contributed by atoms with van der Waals surface area (Å²) in [4.78, 5) is 0. The average molecular weight is 160 g/mol. The van der Waals surface area contributed by atoms with Crippen molar-refractivity contribution in [3.05, 3.63) is 0 Å². The van der Waals surface area contributed by atoms with Gasteiger partial charge in [-0.1, -0.05) is 0 Å². The lowest BCUT2D eigenvalue weighted by Crippen LogP contribution is -2.05. The van der Waals surface area contributed by atoms with Gasteiger partial charge >= 0.3 is 0 Å². The summed E-state index contributed by atoms with van der Waals surface area (Å²) in [5.41, 5.74) is 0. The molecule has 1 fully saturated rings. The molecule has 0 aromatic rings. The Labute approximate surface area is 67.2 Å². The van der Waals surface area contributed by atoms with Crippen molar-refractivity contribution in [2.45, 2.75) is 32.3 Å². The molecule has 1 heterocycles. The van der Waals surface area contributed by atoms with Crippen molar-refractivity contribution in [1.29, 1.82) is 0 Å². The second kappa shape index (κ2) is 4.24. The topological polar surface area (TPSA) is 20.2 Å². The van der Waals surface area contributed by atoms with Gasteiger partial charge in [0, 0.05) is 0 Å². The Morgan fingerprint density at radius 2 is 2.50 bits per heavy atom. The van der Waals surface area contributed by atoms with Crippen LogP contribution in [0, 0.1) is 5.92 Å². The molecule has 1 aliphatic rings. The van der Waals surface area contributed by atoms with E-state index in [0.29, 0.717) is 0 Å². The molecule has 0 amide bonds. The van der Waals surface area contributed by atoms with Crippen LogP contribution in [0.4, 0.5) is 0 Å². The molecule has 0 aliphatic carbocycles. The van der Waals surface area contributed by atoms with Crippen LogP contribution in [0.3, 0.4) is 0 Å². The Bertz CT molecular complexity index is 87.3. The number of hydrogen-bond donors (Lipinski definition) is 1. The number of hydrogen-bond acceptors (Lipinski definition) is 2. The molecule has 1 N–H and O–H groups in total. The van der Waals surface area contributed by atoms with Gasteiger partial charge in [-0.05, 0) is 43.6 Å². The lowest BCUT2D eigenvalue weighted by molar-refractivity contribution is 0.175. The monoisotopic (exact) mass is 160 g/mol. The number of aliphatic hydroxyl groups is 1. The van der Waals surface area contributed by atoms with Crippen molar-refractivity contribution in [2.75, 3.05) is 11.5 Å². The molecule has 10 heavy (non-hydrogen) atoms. The molecule has 0 radical (unpaired) electrons. The molecule has 1 nitrogen and oxygen atoms in total. The van der Waals surface area contributed by atoms with Crippen molar-refractivity contribution in [3.63, 3.8) is 0 Å². The number of aliphatic hydroxyl groups excluding tert-OH is 1. The van der Waals surface area contributed by atoms with E-state index in [2.05, 4.69) is 11.8 Å². The van der Waals surface area contributed by atoms with Crippen LogP contribution in [0.25, 0.3) is 0 Å². The summed E-state index contributed by atoms with van der Waals surface area (Å²) in [6.07, 6.45) is 3.50. The van der Waals surface area contributed by atoms with Crippen LogP contribution in [0.1, 0.15) is 26.2 Å². The van der Waals surface area contributed by atoms with Crippen molar-refractivity contribution in [2.24, 2.45) is 5.92 Å². The molecule has 2 atom stereocenters. The summed E-state index contributed by atoms with van der Waals surface area (Å²) in [7, 11) is 0. The van der Waals surface area contributed by atoms with E-state index in [0.717, 1.165) is 12.3 Å².